The minimum Gasteiger partial charge on any atom is -0.381 e. The molecule has 3 heteroatoms. The Balaban J connectivity index is 1.76. The second kappa shape index (κ2) is 5.61. The van der Waals surface area contributed by atoms with E-state index in [2.05, 4.69) is 24.3 Å². The third-order valence-electron chi connectivity index (χ3n) is 4.39. The number of fused-ring (bicyclic) bond motifs is 1. The highest BCUT2D eigenvalue weighted by Gasteiger charge is 2.32. The van der Waals surface area contributed by atoms with Crippen molar-refractivity contribution in [3.05, 3.63) is 35.4 Å². The molecule has 0 aromatic heterocycles. The Morgan fingerprint density at radius 2 is 2.05 bits per heavy atom. The molecular formula is C16H23NO2. The molecule has 19 heavy (non-hydrogen) atoms. The number of ether oxygens (including phenoxy) is 2. The van der Waals surface area contributed by atoms with Gasteiger partial charge in [0.15, 0.2) is 0 Å². The fourth-order valence-electron chi connectivity index (χ4n) is 3.25. The van der Waals surface area contributed by atoms with Crippen molar-refractivity contribution >= 4 is 0 Å². The molecule has 1 aromatic carbocycles. The first-order valence-corrected chi connectivity index (χ1v) is 7.33. The van der Waals surface area contributed by atoms with Crippen molar-refractivity contribution in [2.24, 2.45) is 5.73 Å². The smallest absolute Gasteiger partial charge is 0.0845 e. The van der Waals surface area contributed by atoms with Crippen molar-refractivity contribution < 1.29 is 9.47 Å². The lowest BCUT2D eigenvalue weighted by Crippen LogP contribution is -2.42. The molecule has 1 aromatic rings. The lowest BCUT2D eigenvalue weighted by atomic mass is 9.82. The molecule has 1 fully saturated rings. The zero-order chi connectivity index (χ0) is 13.1. The third kappa shape index (κ3) is 2.99. The highest BCUT2D eigenvalue weighted by Crippen LogP contribution is 2.35. The van der Waals surface area contributed by atoms with E-state index in [1.54, 1.807) is 0 Å². The van der Waals surface area contributed by atoms with Crippen LogP contribution in [0, 0.1) is 0 Å². The number of nitrogens with two attached hydrogens (primary N) is 1. The van der Waals surface area contributed by atoms with E-state index in [1.165, 1.54) is 11.1 Å². The van der Waals surface area contributed by atoms with Crippen molar-refractivity contribution in [1.29, 1.82) is 0 Å². The van der Waals surface area contributed by atoms with Gasteiger partial charge in [0.1, 0.15) is 0 Å². The average Bonchev–Trinajstić information content (AvgIpc) is 2.64. The number of hydrogen-bond donors (Lipinski definition) is 1. The molecule has 2 unspecified atom stereocenters. The second-order valence-corrected chi connectivity index (χ2v) is 5.84. The molecule has 0 spiro atoms. The summed E-state index contributed by atoms with van der Waals surface area (Å²) < 4.78 is 11.5. The van der Waals surface area contributed by atoms with Crippen molar-refractivity contribution in [2.45, 2.75) is 43.7 Å². The molecule has 2 atom stereocenters. The van der Waals surface area contributed by atoms with Crippen LogP contribution in [-0.2, 0) is 15.9 Å². The molecule has 3 rings (SSSR count). The van der Waals surface area contributed by atoms with Crippen LogP contribution >= 0.6 is 0 Å². The summed E-state index contributed by atoms with van der Waals surface area (Å²) in [5, 5.41) is 0. The lowest BCUT2D eigenvalue weighted by Gasteiger charge is -2.34. The van der Waals surface area contributed by atoms with Gasteiger partial charge >= 0.3 is 0 Å². The van der Waals surface area contributed by atoms with Gasteiger partial charge in [0.2, 0.25) is 0 Å². The predicted molar refractivity (Wildman–Crippen MR) is 75.0 cm³/mol. The van der Waals surface area contributed by atoms with Gasteiger partial charge in [-0.2, -0.15) is 0 Å². The van der Waals surface area contributed by atoms with E-state index >= 15 is 0 Å². The summed E-state index contributed by atoms with van der Waals surface area (Å²) in [6.45, 7) is 2.44. The summed E-state index contributed by atoms with van der Waals surface area (Å²) in [5.74, 6) is 0. The maximum absolute atomic E-state index is 6.59. The van der Waals surface area contributed by atoms with Gasteiger partial charge in [-0.3, -0.25) is 0 Å². The van der Waals surface area contributed by atoms with E-state index in [0.717, 1.165) is 51.9 Å². The Morgan fingerprint density at radius 1 is 1.16 bits per heavy atom. The van der Waals surface area contributed by atoms with Gasteiger partial charge in [-0.25, -0.2) is 0 Å². The number of hydrogen-bond acceptors (Lipinski definition) is 3. The van der Waals surface area contributed by atoms with Crippen LogP contribution in [0.4, 0.5) is 0 Å². The van der Waals surface area contributed by atoms with Gasteiger partial charge < -0.3 is 15.2 Å². The molecule has 0 aliphatic carbocycles. The molecule has 2 N–H and O–H groups in total. The molecule has 0 amide bonds. The van der Waals surface area contributed by atoms with E-state index in [-0.39, 0.29) is 11.6 Å². The quantitative estimate of drug-likeness (QED) is 0.890. The van der Waals surface area contributed by atoms with Gasteiger partial charge in [0, 0.05) is 18.8 Å². The fourth-order valence-corrected chi connectivity index (χ4v) is 3.25. The van der Waals surface area contributed by atoms with E-state index in [0.29, 0.717) is 0 Å². The molecular weight excluding hydrogens is 238 g/mol. The Bertz CT molecular complexity index is 425. The summed E-state index contributed by atoms with van der Waals surface area (Å²) in [4.78, 5) is 0. The Morgan fingerprint density at radius 3 is 3.00 bits per heavy atom. The van der Waals surface area contributed by atoms with E-state index in [9.17, 15) is 0 Å². The van der Waals surface area contributed by atoms with Crippen molar-refractivity contribution in [3.63, 3.8) is 0 Å². The van der Waals surface area contributed by atoms with E-state index in [1.807, 2.05) is 0 Å². The van der Waals surface area contributed by atoms with Crippen LogP contribution in [0.5, 0.6) is 0 Å². The molecule has 2 aliphatic heterocycles. The number of benzene rings is 1. The molecule has 1 saturated heterocycles. The SMILES string of the molecule is NC1(CC2OCCc3ccccc32)CCCOCC1. The van der Waals surface area contributed by atoms with Crippen LogP contribution in [0.15, 0.2) is 24.3 Å². The van der Waals surface area contributed by atoms with Crippen LogP contribution in [0.3, 0.4) is 0 Å². The molecule has 3 nitrogen and oxygen atoms in total. The van der Waals surface area contributed by atoms with Gasteiger partial charge in [0.25, 0.3) is 0 Å². The lowest BCUT2D eigenvalue weighted by molar-refractivity contribution is 0.0177. The largest absolute Gasteiger partial charge is 0.381 e. The summed E-state index contributed by atoms with van der Waals surface area (Å²) >= 11 is 0. The van der Waals surface area contributed by atoms with Gasteiger partial charge in [-0.15, -0.1) is 0 Å². The standard InChI is InChI=1S/C16H23NO2/c17-16(7-3-9-18-11-8-16)12-15-14-5-2-1-4-13(14)6-10-19-15/h1-2,4-5,15H,3,6-12,17H2. The topological polar surface area (TPSA) is 44.5 Å². The van der Waals surface area contributed by atoms with Crippen molar-refractivity contribution in [1.82, 2.24) is 0 Å². The Kier molecular flexibility index (Phi) is 3.87. The zero-order valence-corrected chi connectivity index (χ0v) is 11.4. The van der Waals surface area contributed by atoms with Gasteiger partial charge in [0.05, 0.1) is 12.7 Å². The third-order valence-corrected chi connectivity index (χ3v) is 4.39. The van der Waals surface area contributed by atoms with Crippen LogP contribution in [0.1, 0.15) is 42.9 Å². The van der Waals surface area contributed by atoms with Crippen LogP contribution in [0.2, 0.25) is 0 Å². The first-order valence-electron chi connectivity index (χ1n) is 7.33. The van der Waals surface area contributed by atoms with Crippen molar-refractivity contribution in [3.8, 4) is 0 Å². The molecule has 2 heterocycles. The highest BCUT2D eigenvalue weighted by molar-refractivity contribution is 5.31. The fraction of sp³-hybridized carbons (Fsp3) is 0.625. The van der Waals surface area contributed by atoms with Crippen LogP contribution < -0.4 is 5.73 Å². The van der Waals surface area contributed by atoms with Crippen LogP contribution in [-0.4, -0.2) is 25.4 Å². The Labute approximate surface area is 115 Å². The summed E-state index contributed by atoms with van der Waals surface area (Å²) in [5.41, 5.74) is 9.21. The Hall–Kier alpha value is -0.900. The highest BCUT2D eigenvalue weighted by atomic mass is 16.5. The summed E-state index contributed by atoms with van der Waals surface area (Å²) in [6.07, 6.45) is 5.13. The van der Waals surface area contributed by atoms with Crippen LogP contribution in [0.25, 0.3) is 0 Å². The molecule has 0 radical (unpaired) electrons. The first kappa shape index (κ1) is 13.1. The van der Waals surface area contributed by atoms with E-state index < -0.39 is 0 Å². The minimum absolute atomic E-state index is 0.133. The van der Waals surface area contributed by atoms with Gasteiger partial charge in [-0.1, -0.05) is 24.3 Å². The summed E-state index contributed by atoms with van der Waals surface area (Å²) in [7, 11) is 0. The maximum Gasteiger partial charge on any atom is 0.0845 e. The minimum atomic E-state index is -0.133. The van der Waals surface area contributed by atoms with Crippen molar-refractivity contribution in [2.75, 3.05) is 19.8 Å². The molecule has 104 valence electrons. The van der Waals surface area contributed by atoms with E-state index in [4.69, 9.17) is 15.2 Å². The second-order valence-electron chi connectivity index (χ2n) is 5.84. The zero-order valence-electron chi connectivity index (χ0n) is 11.4. The average molecular weight is 261 g/mol. The monoisotopic (exact) mass is 261 g/mol. The maximum atomic E-state index is 6.59. The first-order chi connectivity index (χ1) is 9.27. The molecule has 0 bridgehead atoms. The normalized spacial score (nSPS) is 31.5. The molecule has 0 saturated carbocycles. The van der Waals surface area contributed by atoms with Gasteiger partial charge in [-0.05, 0) is 43.2 Å². The predicted octanol–water partition coefficient (Wildman–Crippen LogP) is 2.59. The summed E-state index contributed by atoms with van der Waals surface area (Å²) in [6, 6.07) is 8.61. The molecule has 2 aliphatic rings. The number of rotatable bonds is 2.